The molecule has 0 N–H and O–H groups in total. The van der Waals surface area contributed by atoms with Crippen molar-refractivity contribution in [2.24, 2.45) is 0 Å². The summed E-state index contributed by atoms with van der Waals surface area (Å²) in [6.45, 7) is 0. The van der Waals surface area contributed by atoms with Crippen LogP contribution in [-0.2, 0) is 0 Å². The standard InChI is InChI=1S/C13H9N3O2/c17-13(10-6-7-18-9-10)12-8-14-15-16(12)11-4-2-1-3-5-11/h1-9H. The quantitative estimate of drug-likeness (QED) is 0.656. The number of rotatable bonds is 3. The van der Waals surface area contributed by atoms with Crippen molar-refractivity contribution in [2.75, 3.05) is 0 Å². The number of para-hydroxylation sites is 1. The van der Waals surface area contributed by atoms with Crippen LogP contribution < -0.4 is 0 Å². The van der Waals surface area contributed by atoms with E-state index in [0.29, 0.717) is 11.3 Å². The number of furan rings is 1. The van der Waals surface area contributed by atoms with Crippen molar-refractivity contribution in [1.29, 1.82) is 0 Å². The highest BCUT2D eigenvalue weighted by Crippen LogP contribution is 2.13. The van der Waals surface area contributed by atoms with Gasteiger partial charge in [-0.15, -0.1) is 5.10 Å². The summed E-state index contributed by atoms with van der Waals surface area (Å²) in [5.41, 5.74) is 1.68. The van der Waals surface area contributed by atoms with Gasteiger partial charge in [0.05, 0.1) is 23.7 Å². The molecule has 2 heterocycles. The third kappa shape index (κ3) is 1.71. The highest BCUT2D eigenvalue weighted by Gasteiger charge is 2.17. The van der Waals surface area contributed by atoms with Gasteiger partial charge in [-0.1, -0.05) is 23.4 Å². The van der Waals surface area contributed by atoms with Crippen LogP contribution in [0.5, 0.6) is 0 Å². The Hall–Kier alpha value is -2.69. The third-order valence-electron chi connectivity index (χ3n) is 2.57. The summed E-state index contributed by atoms with van der Waals surface area (Å²) in [4.78, 5) is 12.2. The van der Waals surface area contributed by atoms with Crippen LogP contribution in [0.15, 0.2) is 59.5 Å². The Labute approximate surface area is 103 Å². The average Bonchev–Trinajstić information content (AvgIpc) is 3.10. The summed E-state index contributed by atoms with van der Waals surface area (Å²) < 4.78 is 6.42. The first-order chi connectivity index (χ1) is 8.86. The molecular weight excluding hydrogens is 230 g/mol. The first-order valence-corrected chi connectivity index (χ1v) is 5.39. The molecule has 0 atom stereocenters. The minimum absolute atomic E-state index is 0.169. The van der Waals surface area contributed by atoms with Crippen LogP contribution in [0.3, 0.4) is 0 Å². The van der Waals surface area contributed by atoms with E-state index in [2.05, 4.69) is 10.3 Å². The molecule has 0 amide bonds. The minimum Gasteiger partial charge on any atom is -0.472 e. The molecule has 0 saturated carbocycles. The Morgan fingerprint density at radius 3 is 2.72 bits per heavy atom. The van der Waals surface area contributed by atoms with Gasteiger partial charge in [0.15, 0.2) is 0 Å². The Bertz CT molecular complexity index is 657. The van der Waals surface area contributed by atoms with E-state index in [1.165, 1.54) is 23.4 Å². The van der Waals surface area contributed by atoms with E-state index in [1.54, 1.807) is 6.07 Å². The minimum atomic E-state index is -0.169. The second-order valence-electron chi connectivity index (χ2n) is 3.71. The van der Waals surface area contributed by atoms with Crippen molar-refractivity contribution in [3.63, 3.8) is 0 Å². The summed E-state index contributed by atoms with van der Waals surface area (Å²) in [6, 6.07) is 11.0. The second-order valence-corrected chi connectivity index (χ2v) is 3.71. The van der Waals surface area contributed by atoms with Crippen molar-refractivity contribution in [1.82, 2.24) is 15.0 Å². The smallest absolute Gasteiger partial charge is 0.216 e. The van der Waals surface area contributed by atoms with Crippen LogP contribution in [0.2, 0.25) is 0 Å². The van der Waals surface area contributed by atoms with Gasteiger partial charge in [0.1, 0.15) is 12.0 Å². The van der Waals surface area contributed by atoms with Gasteiger partial charge in [-0.25, -0.2) is 4.68 Å². The lowest BCUT2D eigenvalue weighted by atomic mass is 10.2. The summed E-state index contributed by atoms with van der Waals surface area (Å²) in [7, 11) is 0. The van der Waals surface area contributed by atoms with Crippen molar-refractivity contribution < 1.29 is 9.21 Å². The molecule has 2 aromatic heterocycles. The number of ketones is 1. The molecule has 88 valence electrons. The van der Waals surface area contributed by atoms with Gasteiger partial charge in [-0.2, -0.15) is 0 Å². The number of hydrogen-bond acceptors (Lipinski definition) is 4. The number of nitrogens with zero attached hydrogens (tertiary/aromatic N) is 3. The van der Waals surface area contributed by atoms with E-state index in [0.717, 1.165) is 5.69 Å². The fourth-order valence-electron chi connectivity index (χ4n) is 1.69. The number of aromatic nitrogens is 3. The molecule has 0 spiro atoms. The fourth-order valence-corrected chi connectivity index (χ4v) is 1.69. The van der Waals surface area contributed by atoms with Crippen molar-refractivity contribution in [3.05, 3.63) is 66.4 Å². The Balaban J connectivity index is 2.05. The fraction of sp³-hybridized carbons (Fsp3) is 0. The highest BCUT2D eigenvalue weighted by atomic mass is 16.3. The Kier molecular flexibility index (Phi) is 2.49. The lowest BCUT2D eigenvalue weighted by Crippen LogP contribution is -2.09. The van der Waals surface area contributed by atoms with E-state index >= 15 is 0 Å². The van der Waals surface area contributed by atoms with E-state index < -0.39 is 0 Å². The number of hydrogen-bond donors (Lipinski definition) is 0. The molecule has 1 aromatic carbocycles. The summed E-state index contributed by atoms with van der Waals surface area (Å²) in [5, 5.41) is 7.72. The summed E-state index contributed by atoms with van der Waals surface area (Å²) in [5.74, 6) is -0.169. The van der Waals surface area contributed by atoms with E-state index in [-0.39, 0.29) is 5.78 Å². The molecule has 0 saturated heterocycles. The highest BCUT2D eigenvalue weighted by molar-refractivity contribution is 6.07. The number of benzene rings is 1. The van der Waals surface area contributed by atoms with Crippen molar-refractivity contribution >= 4 is 5.78 Å². The molecule has 0 radical (unpaired) electrons. The first-order valence-electron chi connectivity index (χ1n) is 5.39. The van der Waals surface area contributed by atoms with Crippen LogP contribution in [0.1, 0.15) is 16.1 Å². The molecule has 0 unspecified atom stereocenters. The predicted octanol–water partition coefficient (Wildman–Crippen LogP) is 2.09. The average molecular weight is 239 g/mol. The lowest BCUT2D eigenvalue weighted by Gasteiger charge is -2.03. The molecule has 5 heteroatoms. The van der Waals surface area contributed by atoms with E-state index in [1.807, 2.05) is 30.3 Å². The molecule has 5 nitrogen and oxygen atoms in total. The Morgan fingerprint density at radius 1 is 1.17 bits per heavy atom. The number of carbonyl (C=O) groups is 1. The van der Waals surface area contributed by atoms with Crippen LogP contribution >= 0.6 is 0 Å². The summed E-state index contributed by atoms with van der Waals surface area (Å²) >= 11 is 0. The van der Waals surface area contributed by atoms with E-state index in [4.69, 9.17) is 4.42 Å². The summed E-state index contributed by atoms with van der Waals surface area (Å²) in [6.07, 6.45) is 4.32. The Morgan fingerprint density at radius 2 is 2.00 bits per heavy atom. The maximum atomic E-state index is 12.2. The monoisotopic (exact) mass is 239 g/mol. The molecule has 0 fully saturated rings. The van der Waals surface area contributed by atoms with Gasteiger partial charge in [-0.3, -0.25) is 4.79 Å². The van der Waals surface area contributed by atoms with Crippen LogP contribution in [0.25, 0.3) is 5.69 Å². The topological polar surface area (TPSA) is 60.9 Å². The zero-order valence-electron chi connectivity index (χ0n) is 9.35. The maximum Gasteiger partial charge on any atom is 0.216 e. The zero-order chi connectivity index (χ0) is 12.4. The van der Waals surface area contributed by atoms with Gasteiger partial charge in [0.25, 0.3) is 0 Å². The number of carbonyl (C=O) groups excluding carboxylic acids is 1. The van der Waals surface area contributed by atoms with Gasteiger partial charge >= 0.3 is 0 Å². The first kappa shape index (κ1) is 10.5. The largest absolute Gasteiger partial charge is 0.472 e. The molecule has 0 bridgehead atoms. The normalized spacial score (nSPS) is 10.4. The second kappa shape index (κ2) is 4.29. The van der Waals surface area contributed by atoms with Crippen LogP contribution in [0, 0.1) is 0 Å². The van der Waals surface area contributed by atoms with Crippen molar-refractivity contribution in [2.45, 2.75) is 0 Å². The van der Waals surface area contributed by atoms with Crippen LogP contribution in [-0.4, -0.2) is 20.8 Å². The predicted molar refractivity (Wildman–Crippen MR) is 63.5 cm³/mol. The molecule has 0 aliphatic heterocycles. The molecule has 0 aliphatic carbocycles. The lowest BCUT2D eigenvalue weighted by molar-refractivity contribution is 0.103. The zero-order valence-corrected chi connectivity index (χ0v) is 9.35. The molecule has 18 heavy (non-hydrogen) atoms. The molecule has 3 aromatic rings. The van der Waals surface area contributed by atoms with Crippen molar-refractivity contribution in [3.8, 4) is 5.69 Å². The van der Waals surface area contributed by atoms with Gasteiger partial charge in [0, 0.05) is 0 Å². The van der Waals surface area contributed by atoms with Crippen LogP contribution in [0.4, 0.5) is 0 Å². The van der Waals surface area contributed by atoms with E-state index in [9.17, 15) is 4.79 Å². The molecule has 0 aliphatic rings. The van der Waals surface area contributed by atoms with Gasteiger partial charge in [-0.05, 0) is 18.2 Å². The molecular formula is C13H9N3O2. The van der Waals surface area contributed by atoms with Gasteiger partial charge < -0.3 is 4.42 Å². The molecule has 3 rings (SSSR count). The van der Waals surface area contributed by atoms with Gasteiger partial charge in [0.2, 0.25) is 5.78 Å². The third-order valence-corrected chi connectivity index (χ3v) is 2.57. The SMILES string of the molecule is O=C(c1ccoc1)c1cnnn1-c1ccccc1. The maximum absolute atomic E-state index is 12.2.